The van der Waals surface area contributed by atoms with Gasteiger partial charge in [0.15, 0.2) is 0 Å². The maximum Gasteiger partial charge on any atom is 0.310 e. The quantitative estimate of drug-likeness (QED) is 0.477. The van der Waals surface area contributed by atoms with E-state index >= 15 is 0 Å². The van der Waals surface area contributed by atoms with Crippen LogP contribution < -0.4 is 4.74 Å². The summed E-state index contributed by atoms with van der Waals surface area (Å²) in [6, 6.07) is 7.95. The van der Waals surface area contributed by atoms with E-state index in [-0.39, 0.29) is 17.8 Å². The highest BCUT2D eigenvalue weighted by molar-refractivity contribution is 5.77. The van der Waals surface area contributed by atoms with Gasteiger partial charge in [-0.1, -0.05) is 12.1 Å². The van der Waals surface area contributed by atoms with E-state index in [4.69, 9.17) is 18.9 Å². The fourth-order valence-electron chi connectivity index (χ4n) is 2.60. The average molecular weight is 350 g/mol. The predicted octanol–water partition coefficient (Wildman–Crippen LogP) is 3.56. The SMILES string of the molecule is CCOCCOCCOc1ccc([C@H]2C[C@@H]2C(=O)OC(C)(C)C)cc1. The van der Waals surface area contributed by atoms with E-state index in [0.29, 0.717) is 33.0 Å². The molecule has 140 valence electrons. The molecule has 1 aliphatic carbocycles. The fourth-order valence-corrected chi connectivity index (χ4v) is 2.60. The first kappa shape index (κ1) is 19.7. The number of carbonyl (C=O) groups is 1. The Hall–Kier alpha value is -1.59. The summed E-state index contributed by atoms with van der Waals surface area (Å²) in [5.41, 5.74) is 0.739. The van der Waals surface area contributed by atoms with Crippen LogP contribution in [0, 0.1) is 5.92 Å². The van der Waals surface area contributed by atoms with Crippen molar-refractivity contribution in [2.24, 2.45) is 5.92 Å². The van der Waals surface area contributed by atoms with Gasteiger partial charge in [-0.3, -0.25) is 4.79 Å². The van der Waals surface area contributed by atoms with Crippen molar-refractivity contribution in [3.05, 3.63) is 29.8 Å². The number of carbonyl (C=O) groups excluding carboxylic acids is 1. The molecule has 0 aromatic heterocycles. The summed E-state index contributed by atoms with van der Waals surface area (Å²) in [6.45, 7) is 10.6. The molecule has 0 spiro atoms. The third-order valence-corrected chi connectivity index (χ3v) is 3.88. The minimum atomic E-state index is -0.424. The maximum absolute atomic E-state index is 12.1. The molecule has 0 N–H and O–H groups in total. The second kappa shape index (κ2) is 9.20. The first-order chi connectivity index (χ1) is 11.9. The zero-order valence-corrected chi connectivity index (χ0v) is 15.7. The molecule has 25 heavy (non-hydrogen) atoms. The Morgan fingerprint density at radius 3 is 2.32 bits per heavy atom. The van der Waals surface area contributed by atoms with Gasteiger partial charge in [0.2, 0.25) is 0 Å². The van der Waals surface area contributed by atoms with Crippen LogP contribution in [0.1, 0.15) is 45.6 Å². The summed E-state index contributed by atoms with van der Waals surface area (Å²) in [5.74, 6) is 0.976. The third-order valence-electron chi connectivity index (χ3n) is 3.88. The molecule has 0 bridgehead atoms. The standard InChI is InChI=1S/C20H30O5/c1-5-22-10-11-23-12-13-24-16-8-6-15(7-9-16)17-14-18(17)19(21)25-20(2,3)4/h6-9,17-18H,5,10-14H2,1-4H3/t17-,18+/m1/s1. The molecule has 0 heterocycles. The van der Waals surface area contributed by atoms with Crippen LogP contribution in [0.5, 0.6) is 5.75 Å². The van der Waals surface area contributed by atoms with Crippen molar-refractivity contribution >= 4 is 5.97 Å². The van der Waals surface area contributed by atoms with Crippen LogP contribution in [0.25, 0.3) is 0 Å². The van der Waals surface area contributed by atoms with Crippen molar-refractivity contribution in [1.82, 2.24) is 0 Å². The Balaban J connectivity index is 1.68. The summed E-state index contributed by atoms with van der Waals surface area (Å²) in [6.07, 6.45) is 0.864. The highest BCUT2D eigenvalue weighted by Gasteiger charge is 2.46. The molecule has 5 nitrogen and oxygen atoms in total. The van der Waals surface area contributed by atoms with E-state index in [0.717, 1.165) is 17.7 Å². The van der Waals surface area contributed by atoms with E-state index in [2.05, 4.69) is 0 Å². The van der Waals surface area contributed by atoms with E-state index in [9.17, 15) is 4.79 Å². The molecule has 2 atom stereocenters. The second-order valence-corrected chi connectivity index (χ2v) is 7.21. The number of esters is 1. The third kappa shape index (κ3) is 7.04. The normalized spacial score (nSPS) is 19.5. The van der Waals surface area contributed by atoms with Gasteiger partial charge < -0.3 is 18.9 Å². The molecule has 1 aromatic rings. The number of ether oxygens (including phenoxy) is 4. The van der Waals surface area contributed by atoms with Gasteiger partial charge in [0.05, 0.1) is 25.7 Å². The molecular weight excluding hydrogens is 320 g/mol. The fraction of sp³-hybridized carbons (Fsp3) is 0.650. The second-order valence-electron chi connectivity index (χ2n) is 7.21. The van der Waals surface area contributed by atoms with Gasteiger partial charge in [0, 0.05) is 6.61 Å². The molecule has 0 unspecified atom stereocenters. The van der Waals surface area contributed by atoms with Crippen molar-refractivity contribution in [3.8, 4) is 5.75 Å². The Bertz CT molecular complexity index is 532. The van der Waals surface area contributed by atoms with Crippen LogP contribution in [0.2, 0.25) is 0 Å². The highest BCUT2D eigenvalue weighted by Crippen LogP contribution is 2.48. The zero-order chi connectivity index (χ0) is 18.3. The topological polar surface area (TPSA) is 54.0 Å². The molecule has 1 fully saturated rings. The summed E-state index contributed by atoms with van der Waals surface area (Å²) < 4.78 is 21.7. The molecule has 1 saturated carbocycles. The van der Waals surface area contributed by atoms with Crippen molar-refractivity contribution < 1.29 is 23.7 Å². The van der Waals surface area contributed by atoms with Crippen LogP contribution in [-0.2, 0) is 19.0 Å². The van der Waals surface area contributed by atoms with E-state index < -0.39 is 5.60 Å². The molecule has 0 aliphatic heterocycles. The number of hydrogen-bond donors (Lipinski definition) is 0. The largest absolute Gasteiger partial charge is 0.491 e. The van der Waals surface area contributed by atoms with Gasteiger partial charge >= 0.3 is 5.97 Å². The lowest BCUT2D eigenvalue weighted by Crippen LogP contribution is -2.25. The van der Waals surface area contributed by atoms with Gasteiger partial charge in [-0.15, -0.1) is 0 Å². The van der Waals surface area contributed by atoms with Gasteiger partial charge in [0.1, 0.15) is 18.0 Å². The molecule has 5 heteroatoms. The Morgan fingerprint density at radius 2 is 1.68 bits per heavy atom. The number of benzene rings is 1. The molecular formula is C20H30O5. The molecule has 0 saturated heterocycles. The Labute approximate surface area is 150 Å². The zero-order valence-electron chi connectivity index (χ0n) is 15.7. The smallest absolute Gasteiger partial charge is 0.310 e. The van der Waals surface area contributed by atoms with Gasteiger partial charge in [-0.2, -0.15) is 0 Å². The van der Waals surface area contributed by atoms with Crippen molar-refractivity contribution in [2.45, 2.75) is 45.6 Å². The average Bonchev–Trinajstić information content (AvgIpc) is 3.34. The molecule has 0 amide bonds. The minimum absolute atomic E-state index is 0.00951. The van der Waals surface area contributed by atoms with Gasteiger partial charge in [0.25, 0.3) is 0 Å². The van der Waals surface area contributed by atoms with Crippen LogP contribution in [0.4, 0.5) is 0 Å². The lowest BCUT2D eigenvalue weighted by molar-refractivity contribution is -0.156. The van der Waals surface area contributed by atoms with E-state index in [1.54, 1.807) is 0 Å². The highest BCUT2D eigenvalue weighted by atomic mass is 16.6. The van der Waals surface area contributed by atoms with E-state index in [1.165, 1.54) is 0 Å². The lowest BCUT2D eigenvalue weighted by atomic mass is 10.1. The van der Waals surface area contributed by atoms with Gasteiger partial charge in [-0.05, 0) is 57.7 Å². The van der Waals surface area contributed by atoms with Crippen LogP contribution in [0.3, 0.4) is 0 Å². The monoisotopic (exact) mass is 350 g/mol. The molecule has 1 aliphatic rings. The first-order valence-electron chi connectivity index (χ1n) is 9.02. The molecule has 0 radical (unpaired) electrons. The summed E-state index contributed by atoms with van der Waals surface area (Å²) in [7, 11) is 0. The van der Waals surface area contributed by atoms with Crippen LogP contribution >= 0.6 is 0 Å². The summed E-state index contributed by atoms with van der Waals surface area (Å²) >= 11 is 0. The Kier molecular flexibility index (Phi) is 7.26. The summed E-state index contributed by atoms with van der Waals surface area (Å²) in [5, 5.41) is 0. The molecule has 2 rings (SSSR count). The summed E-state index contributed by atoms with van der Waals surface area (Å²) in [4.78, 5) is 12.1. The number of hydrogen-bond acceptors (Lipinski definition) is 5. The van der Waals surface area contributed by atoms with Crippen LogP contribution in [0.15, 0.2) is 24.3 Å². The number of rotatable bonds is 10. The minimum Gasteiger partial charge on any atom is -0.491 e. The van der Waals surface area contributed by atoms with Crippen LogP contribution in [-0.4, -0.2) is 44.6 Å². The predicted molar refractivity (Wildman–Crippen MR) is 95.9 cm³/mol. The maximum atomic E-state index is 12.1. The molecule has 1 aromatic carbocycles. The Morgan fingerprint density at radius 1 is 1.04 bits per heavy atom. The van der Waals surface area contributed by atoms with Gasteiger partial charge in [-0.25, -0.2) is 0 Å². The first-order valence-corrected chi connectivity index (χ1v) is 9.02. The van der Waals surface area contributed by atoms with E-state index in [1.807, 2.05) is 52.0 Å². The van der Waals surface area contributed by atoms with Crippen molar-refractivity contribution in [3.63, 3.8) is 0 Å². The van der Waals surface area contributed by atoms with Crippen molar-refractivity contribution in [2.75, 3.05) is 33.0 Å². The lowest BCUT2D eigenvalue weighted by Gasteiger charge is -2.19. The van der Waals surface area contributed by atoms with Crippen molar-refractivity contribution in [1.29, 1.82) is 0 Å².